The molecule has 0 aromatic heterocycles. The molecule has 4 nitrogen and oxygen atoms in total. The maximum Gasteiger partial charge on any atom is 0.124 e. The fourth-order valence-corrected chi connectivity index (χ4v) is 1.30. The summed E-state index contributed by atoms with van der Waals surface area (Å²) in [5.74, 6) is -0.464. The van der Waals surface area contributed by atoms with E-state index in [4.69, 9.17) is 15.1 Å². The molecule has 1 rings (SSSR count). The Morgan fingerprint density at radius 3 is 2.94 bits per heavy atom. The molecule has 1 aromatic rings. The molecule has 1 aromatic carbocycles. The van der Waals surface area contributed by atoms with Gasteiger partial charge in [0.05, 0.1) is 30.5 Å². The molecule has 1 unspecified atom stereocenters. The van der Waals surface area contributed by atoms with E-state index in [0.29, 0.717) is 12.3 Å². The molecule has 0 aliphatic heterocycles. The van der Waals surface area contributed by atoms with E-state index in [1.54, 1.807) is 0 Å². The number of hydrogen-bond acceptors (Lipinski definition) is 4. The summed E-state index contributed by atoms with van der Waals surface area (Å²) < 4.78 is 17.7. The maximum absolute atomic E-state index is 12.8. The summed E-state index contributed by atoms with van der Waals surface area (Å²) in [5, 5.41) is 20.8. The van der Waals surface area contributed by atoms with Crippen molar-refractivity contribution in [1.82, 2.24) is 0 Å². The predicted octanol–water partition coefficient (Wildman–Crippen LogP) is 1.12. The van der Waals surface area contributed by atoms with E-state index in [9.17, 15) is 4.39 Å². The highest BCUT2D eigenvalue weighted by molar-refractivity contribution is 5.57. The van der Waals surface area contributed by atoms with E-state index in [0.717, 1.165) is 6.07 Å². The van der Waals surface area contributed by atoms with Crippen LogP contribution in [0.3, 0.4) is 0 Å². The number of aliphatic hydroxyl groups is 1. The van der Waals surface area contributed by atoms with Crippen LogP contribution >= 0.6 is 0 Å². The van der Waals surface area contributed by atoms with E-state index in [-0.39, 0.29) is 18.2 Å². The van der Waals surface area contributed by atoms with E-state index < -0.39 is 5.82 Å². The van der Waals surface area contributed by atoms with Gasteiger partial charge in [0.2, 0.25) is 0 Å². The van der Waals surface area contributed by atoms with Gasteiger partial charge in [0.1, 0.15) is 11.9 Å². The minimum absolute atomic E-state index is 0.129. The average Bonchev–Trinajstić information content (AvgIpc) is 2.30. The summed E-state index contributed by atoms with van der Waals surface area (Å²) in [4.78, 5) is 0. The Hall–Kier alpha value is -1.64. The number of anilines is 1. The summed E-state index contributed by atoms with van der Waals surface area (Å²) in [5.41, 5.74) is 0.689. The minimum Gasteiger partial charge on any atom is -0.394 e. The van der Waals surface area contributed by atoms with E-state index in [1.165, 1.54) is 19.2 Å². The molecular formula is C11H13FN2O2. The van der Waals surface area contributed by atoms with Gasteiger partial charge in [-0.15, -0.1) is 0 Å². The summed E-state index contributed by atoms with van der Waals surface area (Å²) in [6.45, 7) is 0.175. The topological polar surface area (TPSA) is 65.3 Å². The summed E-state index contributed by atoms with van der Waals surface area (Å²) in [6.07, 6.45) is 0. The van der Waals surface area contributed by atoms with Crippen LogP contribution < -0.4 is 5.32 Å². The number of benzene rings is 1. The molecule has 0 aliphatic carbocycles. The monoisotopic (exact) mass is 224 g/mol. The zero-order valence-corrected chi connectivity index (χ0v) is 8.90. The van der Waals surface area contributed by atoms with Gasteiger partial charge in [-0.2, -0.15) is 5.26 Å². The van der Waals surface area contributed by atoms with Gasteiger partial charge < -0.3 is 15.2 Å². The van der Waals surface area contributed by atoms with Crippen molar-refractivity contribution in [2.24, 2.45) is 0 Å². The molecule has 86 valence electrons. The Balaban J connectivity index is 2.83. The second-order valence-electron chi connectivity index (χ2n) is 3.28. The highest BCUT2D eigenvalue weighted by Crippen LogP contribution is 2.16. The average molecular weight is 224 g/mol. The number of nitrogens with one attached hydrogen (secondary N) is 1. The Labute approximate surface area is 93.3 Å². The number of halogens is 1. The lowest BCUT2D eigenvalue weighted by atomic mass is 10.1. The van der Waals surface area contributed by atoms with Crippen molar-refractivity contribution < 1.29 is 14.2 Å². The smallest absolute Gasteiger partial charge is 0.124 e. The maximum atomic E-state index is 12.8. The lowest BCUT2D eigenvalue weighted by Gasteiger charge is -2.17. The van der Waals surface area contributed by atoms with Gasteiger partial charge >= 0.3 is 0 Å². The number of aliphatic hydroxyl groups excluding tert-OH is 1. The van der Waals surface area contributed by atoms with Crippen LogP contribution in [-0.4, -0.2) is 31.5 Å². The van der Waals surface area contributed by atoms with Gasteiger partial charge in [-0.05, 0) is 18.2 Å². The van der Waals surface area contributed by atoms with Crippen molar-refractivity contribution in [2.75, 3.05) is 25.6 Å². The lowest BCUT2D eigenvalue weighted by Crippen LogP contribution is -2.29. The molecule has 0 spiro atoms. The Bertz CT molecular complexity index is 390. The summed E-state index contributed by atoms with van der Waals surface area (Å²) in [7, 11) is 1.51. The zero-order valence-electron chi connectivity index (χ0n) is 8.90. The van der Waals surface area contributed by atoms with Crippen molar-refractivity contribution >= 4 is 5.69 Å². The predicted molar refractivity (Wildman–Crippen MR) is 57.5 cm³/mol. The van der Waals surface area contributed by atoms with Crippen LogP contribution in [0.15, 0.2) is 18.2 Å². The number of nitrogens with zero attached hydrogens (tertiary/aromatic N) is 1. The first-order valence-electron chi connectivity index (χ1n) is 4.77. The first-order chi connectivity index (χ1) is 7.71. The molecule has 0 fully saturated rings. The molecule has 1 atom stereocenters. The zero-order chi connectivity index (χ0) is 12.0. The largest absolute Gasteiger partial charge is 0.394 e. The van der Waals surface area contributed by atoms with Crippen LogP contribution in [0.4, 0.5) is 10.1 Å². The van der Waals surface area contributed by atoms with E-state index >= 15 is 0 Å². The van der Waals surface area contributed by atoms with E-state index in [2.05, 4.69) is 5.32 Å². The first kappa shape index (κ1) is 12.4. The normalized spacial score (nSPS) is 11.9. The van der Waals surface area contributed by atoms with Crippen LogP contribution in [-0.2, 0) is 4.74 Å². The van der Waals surface area contributed by atoms with Gasteiger partial charge in [-0.25, -0.2) is 4.39 Å². The molecule has 0 amide bonds. The Kier molecular flexibility index (Phi) is 4.70. The van der Waals surface area contributed by atoms with Crippen LogP contribution in [0.25, 0.3) is 0 Å². The second-order valence-corrected chi connectivity index (χ2v) is 3.28. The number of methoxy groups -OCH3 is 1. The molecule has 0 saturated heterocycles. The third-order valence-electron chi connectivity index (χ3n) is 2.05. The molecule has 0 bridgehead atoms. The summed E-state index contributed by atoms with van der Waals surface area (Å²) >= 11 is 0. The molecular weight excluding hydrogens is 211 g/mol. The minimum atomic E-state index is -0.464. The lowest BCUT2D eigenvalue weighted by molar-refractivity contribution is 0.153. The van der Waals surface area contributed by atoms with Gasteiger partial charge in [0, 0.05) is 7.11 Å². The van der Waals surface area contributed by atoms with Crippen LogP contribution in [0.5, 0.6) is 0 Å². The summed E-state index contributed by atoms with van der Waals surface area (Å²) in [6, 6.07) is 5.43. The van der Waals surface area contributed by atoms with Crippen molar-refractivity contribution in [2.45, 2.75) is 6.04 Å². The molecule has 16 heavy (non-hydrogen) atoms. The van der Waals surface area contributed by atoms with Gasteiger partial charge in [-0.1, -0.05) is 0 Å². The standard InChI is InChI=1S/C11H13FN2O2/c1-16-7-10(6-15)14-11-3-2-9(12)4-8(11)5-13/h2-4,10,14-15H,6-7H2,1H3. The number of ether oxygens (including phenoxy) is 1. The highest BCUT2D eigenvalue weighted by atomic mass is 19.1. The van der Waals surface area contributed by atoms with Gasteiger partial charge in [0.25, 0.3) is 0 Å². The molecule has 2 N–H and O–H groups in total. The fraction of sp³-hybridized carbons (Fsp3) is 0.364. The molecule has 0 heterocycles. The Morgan fingerprint density at radius 1 is 1.62 bits per heavy atom. The van der Waals surface area contributed by atoms with Crippen molar-refractivity contribution in [3.05, 3.63) is 29.6 Å². The van der Waals surface area contributed by atoms with E-state index in [1.807, 2.05) is 6.07 Å². The first-order valence-corrected chi connectivity index (χ1v) is 4.77. The van der Waals surface area contributed by atoms with Gasteiger partial charge in [-0.3, -0.25) is 0 Å². The quantitative estimate of drug-likeness (QED) is 0.786. The Morgan fingerprint density at radius 2 is 2.38 bits per heavy atom. The van der Waals surface area contributed by atoms with Crippen LogP contribution in [0.1, 0.15) is 5.56 Å². The van der Waals surface area contributed by atoms with Gasteiger partial charge in [0.15, 0.2) is 0 Å². The molecule has 5 heteroatoms. The number of hydrogen-bond donors (Lipinski definition) is 2. The highest BCUT2D eigenvalue weighted by Gasteiger charge is 2.10. The van der Waals surface area contributed by atoms with Crippen LogP contribution in [0, 0.1) is 17.1 Å². The molecule has 0 saturated carbocycles. The number of rotatable bonds is 5. The van der Waals surface area contributed by atoms with Crippen molar-refractivity contribution in [3.8, 4) is 6.07 Å². The molecule has 0 aliphatic rings. The fourth-order valence-electron chi connectivity index (χ4n) is 1.30. The molecule has 0 radical (unpaired) electrons. The third-order valence-corrected chi connectivity index (χ3v) is 2.05. The SMILES string of the molecule is COCC(CO)Nc1ccc(F)cc1C#N. The number of nitriles is 1. The third kappa shape index (κ3) is 3.19. The van der Waals surface area contributed by atoms with Crippen molar-refractivity contribution in [1.29, 1.82) is 5.26 Å². The van der Waals surface area contributed by atoms with Crippen LogP contribution in [0.2, 0.25) is 0 Å². The van der Waals surface area contributed by atoms with Crippen molar-refractivity contribution in [3.63, 3.8) is 0 Å². The second kappa shape index (κ2) is 6.05.